The van der Waals surface area contributed by atoms with Crippen LogP contribution < -0.4 is 0 Å². The van der Waals surface area contributed by atoms with Crippen LogP contribution in [0.4, 0.5) is 0 Å². The first-order chi connectivity index (χ1) is 29.5. The van der Waals surface area contributed by atoms with Gasteiger partial charge in [0.05, 0.1) is 0 Å². The van der Waals surface area contributed by atoms with E-state index in [0.717, 1.165) is 70.6 Å². The van der Waals surface area contributed by atoms with Gasteiger partial charge in [0.25, 0.3) is 0 Å². The third-order valence-corrected chi connectivity index (χ3v) is 11.4. The highest BCUT2D eigenvalue weighted by Crippen LogP contribution is 2.16. The highest BCUT2D eigenvalue weighted by molar-refractivity contribution is 5.71. The number of ether oxygens (including phenoxy) is 3. The average Bonchev–Trinajstić information content (AvgIpc) is 3.24. The van der Waals surface area contributed by atoms with E-state index < -0.39 is 6.10 Å². The lowest BCUT2D eigenvalue weighted by molar-refractivity contribution is -0.167. The molecule has 0 spiro atoms. The summed E-state index contributed by atoms with van der Waals surface area (Å²) in [6.45, 7) is 6.50. The summed E-state index contributed by atoms with van der Waals surface area (Å²) in [4.78, 5) is 37.8. The molecular weight excluding hydrogens is 745 g/mol. The molecule has 0 aromatic rings. The highest BCUT2D eigenvalue weighted by Gasteiger charge is 2.19. The fraction of sp³-hybridized carbons (Fsp3) is 0.833. The minimum absolute atomic E-state index is 0.0819. The van der Waals surface area contributed by atoms with Gasteiger partial charge in [-0.25, -0.2) is 0 Å². The summed E-state index contributed by atoms with van der Waals surface area (Å²) in [5, 5.41) is 0. The summed E-state index contributed by atoms with van der Waals surface area (Å²) in [5.41, 5.74) is 0. The Morgan fingerprint density at radius 2 is 0.650 bits per heavy atom. The van der Waals surface area contributed by atoms with Gasteiger partial charge in [-0.1, -0.05) is 218 Å². The van der Waals surface area contributed by atoms with E-state index in [1.54, 1.807) is 0 Å². The molecule has 60 heavy (non-hydrogen) atoms. The second kappa shape index (κ2) is 49.3. The number of carbonyl (C=O) groups is 3. The molecule has 1 unspecified atom stereocenters. The van der Waals surface area contributed by atoms with Crippen LogP contribution in [0.15, 0.2) is 36.5 Å². The number of esters is 3. The van der Waals surface area contributed by atoms with Gasteiger partial charge in [0.2, 0.25) is 0 Å². The SMILES string of the molecule is CC/C=C\C/C=C\CCCCC(=O)OCC(COC(=O)CCCCCCCCC/C=C\CCCCCCCCCC)OC(=O)CCCCCCCCCCCCCCCC. The van der Waals surface area contributed by atoms with Gasteiger partial charge in [-0.2, -0.15) is 0 Å². The molecule has 0 saturated carbocycles. The van der Waals surface area contributed by atoms with Gasteiger partial charge in [-0.15, -0.1) is 0 Å². The molecule has 0 amide bonds. The number of hydrogen-bond donors (Lipinski definition) is 0. The van der Waals surface area contributed by atoms with Crippen LogP contribution in [0, 0.1) is 0 Å². The summed E-state index contributed by atoms with van der Waals surface area (Å²) < 4.78 is 16.7. The van der Waals surface area contributed by atoms with E-state index in [4.69, 9.17) is 14.2 Å². The number of unbranched alkanes of at least 4 members (excludes halogenated alkanes) is 30. The van der Waals surface area contributed by atoms with Gasteiger partial charge in [0.1, 0.15) is 13.2 Å². The molecule has 0 fully saturated rings. The molecule has 0 aliphatic rings. The van der Waals surface area contributed by atoms with E-state index in [0.29, 0.717) is 19.3 Å². The van der Waals surface area contributed by atoms with Crippen LogP contribution in [0.25, 0.3) is 0 Å². The van der Waals surface area contributed by atoms with Crippen LogP contribution in [0.2, 0.25) is 0 Å². The topological polar surface area (TPSA) is 78.9 Å². The summed E-state index contributed by atoms with van der Waals surface area (Å²) in [5.74, 6) is -0.914. The zero-order chi connectivity index (χ0) is 43.7. The van der Waals surface area contributed by atoms with Crippen LogP contribution >= 0.6 is 0 Å². The van der Waals surface area contributed by atoms with E-state index in [1.807, 2.05) is 0 Å². The van der Waals surface area contributed by atoms with Crippen molar-refractivity contribution < 1.29 is 28.6 Å². The van der Waals surface area contributed by atoms with Gasteiger partial charge in [0.15, 0.2) is 6.10 Å². The lowest BCUT2D eigenvalue weighted by Crippen LogP contribution is -2.30. The summed E-state index contributed by atoms with van der Waals surface area (Å²) >= 11 is 0. The maximum atomic E-state index is 12.8. The van der Waals surface area contributed by atoms with Crippen LogP contribution in [-0.4, -0.2) is 37.2 Å². The van der Waals surface area contributed by atoms with E-state index in [-0.39, 0.29) is 31.1 Å². The average molecular weight is 843 g/mol. The van der Waals surface area contributed by atoms with Crippen LogP contribution in [0.5, 0.6) is 0 Å². The second-order valence-electron chi connectivity index (χ2n) is 17.4. The second-order valence-corrected chi connectivity index (χ2v) is 17.4. The lowest BCUT2D eigenvalue weighted by atomic mass is 10.0. The minimum Gasteiger partial charge on any atom is -0.462 e. The maximum absolute atomic E-state index is 12.8. The smallest absolute Gasteiger partial charge is 0.306 e. The Morgan fingerprint density at radius 1 is 0.350 bits per heavy atom. The predicted octanol–water partition coefficient (Wildman–Crippen LogP) is 16.9. The molecule has 0 radical (unpaired) electrons. The third kappa shape index (κ3) is 46.7. The van der Waals surface area contributed by atoms with E-state index in [1.165, 1.54) is 161 Å². The Morgan fingerprint density at radius 3 is 1.05 bits per heavy atom. The molecule has 0 N–H and O–H groups in total. The highest BCUT2D eigenvalue weighted by atomic mass is 16.6. The van der Waals surface area contributed by atoms with Crippen molar-refractivity contribution in [3.63, 3.8) is 0 Å². The van der Waals surface area contributed by atoms with Gasteiger partial charge < -0.3 is 14.2 Å². The van der Waals surface area contributed by atoms with Crippen molar-refractivity contribution in [1.29, 1.82) is 0 Å². The normalized spacial score (nSPS) is 12.2. The molecule has 0 aromatic heterocycles. The Balaban J connectivity index is 4.28. The maximum Gasteiger partial charge on any atom is 0.306 e. The monoisotopic (exact) mass is 843 g/mol. The fourth-order valence-electron chi connectivity index (χ4n) is 7.48. The molecule has 0 saturated heterocycles. The molecule has 0 heterocycles. The van der Waals surface area contributed by atoms with Crippen LogP contribution in [0.1, 0.15) is 271 Å². The Hall–Kier alpha value is -2.37. The number of hydrogen-bond acceptors (Lipinski definition) is 6. The van der Waals surface area contributed by atoms with Gasteiger partial charge in [-0.05, 0) is 70.6 Å². The van der Waals surface area contributed by atoms with Crippen molar-refractivity contribution in [3.05, 3.63) is 36.5 Å². The van der Waals surface area contributed by atoms with Crippen LogP contribution in [-0.2, 0) is 28.6 Å². The quantitative estimate of drug-likeness (QED) is 0.0263. The minimum atomic E-state index is -0.781. The van der Waals surface area contributed by atoms with E-state index >= 15 is 0 Å². The Labute approximate surface area is 372 Å². The largest absolute Gasteiger partial charge is 0.462 e. The van der Waals surface area contributed by atoms with Crippen LogP contribution in [0.3, 0.4) is 0 Å². The number of carbonyl (C=O) groups excluding carboxylic acids is 3. The number of allylic oxidation sites excluding steroid dienone is 6. The Bertz CT molecular complexity index is 1020. The molecule has 6 heteroatoms. The zero-order valence-electron chi connectivity index (χ0n) is 40.0. The molecule has 6 nitrogen and oxygen atoms in total. The standard InChI is InChI=1S/C54H98O6/c1-4-7-10-13-16-19-21-23-25-26-27-28-29-31-32-35-38-41-44-47-53(56)59-50-51(49-58-52(55)46-43-40-37-34-18-15-12-9-6-3)60-54(57)48-45-42-39-36-33-30-24-22-20-17-14-11-8-5-2/h9,12,18,26-27,34,51H,4-8,10-11,13-17,19-25,28-33,35-50H2,1-3H3/b12-9-,27-26-,34-18-. The zero-order valence-corrected chi connectivity index (χ0v) is 40.0. The van der Waals surface area contributed by atoms with Crippen molar-refractivity contribution >= 4 is 17.9 Å². The lowest BCUT2D eigenvalue weighted by Gasteiger charge is -2.18. The van der Waals surface area contributed by atoms with Crippen molar-refractivity contribution in [1.82, 2.24) is 0 Å². The van der Waals surface area contributed by atoms with Crippen molar-refractivity contribution in [2.75, 3.05) is 13.2 Å². The molecule has 0 rings (SSSR count). The van der Waals surface area contributed by atoms with Crippen molar-refractivity contribution in [2.24, 2.45) is 0 Å². The van der Waals surface area contributed by atoms with E-state index in [2.05, 4.69) is 57.2 Å². The molecular formula is C54H98O6. The first-order valence-electron chi connectivity index (χ1n) is 26.0. The van der Waals surface area contributed by atoms with Gasteiger partial charge >= 0.3 is 17.9 Å². The summed E-state index contributed by atoms with van der Waals surface area (Å²) in [6.07, 6.45) is 57.2. The number of rotatable bonds is 47. The fourth-order valence-corrected chi connectivity index (χ4v) is 7.48. The molecule has 0 bridgehead atoms. The molecule has 1 atom stereocenters. The first-order valence-corrected chi connectivity index (χ1v) is 26.0. The molecule has 350 valence electrons. The third-order valence-electron chi connectivity index (χ3n) is 11.4. The first kappa shape index (κ1) is 57.6. The predicted molar refractivity (Wildman–Crippen MR) is 256 cm³/mol. The molecule has 0 aromatic carbocycles. The summed E-state index contributed by atoms with van der Waals surface area (Å²) in [6, 6.07) is 0. The molecule has 0 aliphatic carbocycles. The Kier molecular flexibility index (Phi) is 47.3. The summed E-state index contributed by atoms with van der Waals surface area (Å²) in [7, 11) is 0. The molecule has 0 aliphatic heterocycles. The van der Waals surface area contributed by atoms with Gasteiger partial charge in [-0.3, -0.25) is 14.4 Å². The van der Waals surface area contributed by atoms with Crippen molar-refractivity contribution in [2.45, 2.75) is 277 Å². The van der Waals surface area contributed by atoms with Gasteiger partial charge in [0, 0.05) is 19.3 Å². The van der Waals surface area contributed by atoms with E-state index in [9.17, 15) is 14.4 Å². The van der Waals surface area contributed by atoms with Crippen molar-refractivity contribution in [3.8, 4) is 0 Å².